The number of thiazole rings is 2. The predicted octanol–water partition coefficient (Wildman–Crippen LogP) is 9.52. The van der Waals surface area contributed by atoms with E-state index in [1.807, 2.05) is 39.1 Å². The van der Waals surface area contributed by atoms with Crippen LogP contribution >= 0.6 is 22.7 Å². The number of aromatic nitrogens is 2. The lowest BCUT2D eigenvalue weighted by molar-refractivity contribution is -0.287. The quantitative estimate of drug-likeness (QED) is 0.242. The number of hydrogen-bond donors (Lipinski definition) is 0. The SMILES string of the molecule is CC(C)c1cccc2c1OC(F)(F)O2.CCOc1ccc2nc(C(C)C)sc2c1.Cc1cnc(C(C)C)s1. The summed E-state index contributed by atoms with van der Waals surface area (Å²) in [7, 11) is 0. The highest BCUT2D eigenvalue weighted by molar-refractivity contribution is 7.18. The minimum Gasteiger partial charge on any atom is -0.494 e. The summed E-state index contributed by atoms with van der Waals surface area (Å²) in [5, 5.41) is 2.44. The van der Waals surface area contributed by atoms with Gasteiger partial charge in [-0.3, -0.25) is 0 Å². The number of benzene rings is 2. The number of nitrogens with zero attached hydrogens (tertiary/aromatic N) is 2. The molecule has 0 amide bonds. The molecule has 3 heterocycles. The van der Waals surface area contributed by atoms with Gasteiger partial charge in [0.05, 0.1) is 26.8 Å². The van der Waals surface area contributed by atoms with Crippen molar-refractivity contribution >= 4 is 32.9 Å². The van der Waals surface area contributed by atoms with Crippen LogP contribution in [0.4, 0.5) is 8.78 Å². The van der Waals surface area contributed by atoms with Crippen LogP contribution in [-0.2, 0) is 0 Å². The first-order chi connectivity index (χ1) is 17.9. The number of aryl methyl sites for hydroxylation is 1. The molecule has 9 heteroatoms. The molecule has 0 radical (unpaired) electrons. The van der Waals surface area contributed by atoms with E-state index in [9.17, 15) is 8.78 Å². The molecule has 0 N–H and O–H groups in total. The van der Waals surface area contributed by atoms with E-state index in [0.717, 1.165) is 16.8 Å². The molecule has 0 atom stereocenters. The van der Waals surface area contributed by atoms with E-state index in [2.05, 4.69) is 60.1 Å². The molecule has 0 aliphatic carbocycles. The van der Waals surface area contributed by atoms with Gasteiger partial charge in [0.15, 0.2) is 11.5 Å². The van der Waals surface area contributed by atoms with Crippen molar-refractivity contribution in [3.05, 3.63) is 63.1 Å². The molecule has 5 rings (SSSR count). The van der Waals surface area contributed by atoms with Crippen molar-refractivity contribution in [1.29, 1.82) is 0 Å². The molecule has 0 saturated heterocycles. The second-order valence-corrected chi connectivity index (χ2v) is 12.1. The Morgan fingerprint density at radius 2 is 1.63 bits per heavy atom. The lowest BCUT2D eigenvalue weighted by atomic mass is 10.0. The monoisotopic (exact) mass is 562 g/mol. The van der Waals surface area contributed by atoms with E-state index in [1.165, 1.54) is 25.7 Å². The standard InChI is InChI=1S/C12H15NOS.C10H10F2O2.C7H11NS/c1-4-14-9-5-6-10-11(7-9)15-12(13-10)8(2)3;1-6(2)7-4-3-5-8-9(7)14-10(11,12)13-8;1-5(2)7-8-4-6(3)9-7/h5-8H,4H2,1-3H3;3-6H,1-2H3;4-5H,1-3H3. The molecule has 0 saturated carbocycles. The summed E-state index contributed by atoms with van der Waals surface area (Å²) >= 11 is 3.54. The van der Waals surface area contributed by atoms with Crippen molar-refractivity contribution in [3.63, 3.8) is 0 Å². The minimum atomic E-state index is -3.52. The summed E-state index contributed by atoms with van der Waals surface area (Å²) in [6, 6.07) is 11.0. The number of alkyl halides is 2. The topological polar surface area (TPSA) is 53.5 Å². The zero-order chi connectivity index (χ0) is 28.0. The Bertz CT molecular complexity index is 1330. The largest absolute Gasteiger partial charge is 0.586 e. The highest BCUT2D eigenvalue weighted by Gasteiger charge is 2.44. The third kappa shape index (κ3) is 7.86. The Labute approximate surface area is 231 Å². The van der Waals surface area contributed by atoms with E-state index < -0.39 is 6.29 Å². The van der Waals surface area contributed by atoms with Gasteiger partial charge in [-0.1, -0.05) is 53.7 Å². The Hall–Kier alpha value is -2.78. The summed E-state index contributed by atoms with van der Waals surface area (Å²) in [4.78, 5) is 10.1. The first-order valence-corrected chi connectivity index (χ1v) is 14.4. The van der Waals surface area contributed by atoms with E-state index in [-0.39, 0.29) is 17.4 Å². The molecule has 0 fully saturated rings. The molecule has 0 unspecified atom stereocenters. The smallest absolute Gasteiger partial charge is 0.494 e. The fraction of sp³-hybridized carbons (Fsp3) is 0.448. The fourth-order valence-corrected chi connectivity index (χ4v) is 5.28. The maximum Gasteiger partial charge on any atom is 0.586 e. The number of halogens is 2. The number of rotatable bonds is 5. The molecule has 2 aromatic heterocycles. The van der Waals surface area contributed by atoms with Crippen LogP contribution in [0.15, 0.2) is 42.6 Å². The maximum atomic E-state index is 12.7. The van der Waals surface area contributed by atoms with Gasteiger partial charge in [-0.25, -0.2) is 9.97 Å². The molecule has 1 aliphatic rings. The van der Waals surface area contributed by atoms with Crippen LogP contribution in [0, 0.1) is 6.92 Å². The summed E-state index contributed by atoms with van der Waals surface area (Å²) < 4.78 is 40.9. The normalized spacial score (nSPS) is 13.4. The zero-order valence-electron chi connectivity index (χ0n) is 23.2. The molecule has 1 aliphatic heterocycles. The van der Waals surface area contributed by atoms with Gasteiger partial charge in [-0.2, -0.15) is 0 Å². The van der Waals surface area contributed by atoms with E-state index in [1.54, 1.807) is 34.8 Å². The van der Waals surface area contributed by atoms with Gasteiger partial charge in [0.25, 0.3) is 0 Å². The molecule has 206 valence electrons. The van der Waals surface area contributed by atoms with Crippen LogP contribution in [0.1, 0.15) is 86.7 Å². The Balaban J connectivity index is 0.000000163. The van der Waals surface area contributed by atoms with Crippen LogP contribution in [-0.4, -0.2) is 22.9 Å². The van der Waals surface area contributed by atoms with E-state index >= 15 is 0 Å². The summed E-state index contributed by atoms with van der Waals surface area (Å²) in [6.07, 6.45) is -1.59. The van der Waals surface area contributed by atoms with Gasteiger partial charge < -0.3 is 14.2 Å². The Morgan fingerprint density at radius 1 is 0.921 bits per heavy atom. The van der Waals surface area contributed by atoms with Crippen molar-refractivity contribution < 1.29 is 23.0 Å². The highest BCUT2D eigenvalue weighted by atomic mass is 32.1. The summed E-state index contributed by atoms with van der Waals surface area (Å²) in [5.41, 5.74) is 1.81. The van der Waals surface area contributed by atoms with Gasteiger partial charge in [-0.15, -0.1) is 31.5 Å². The molecule has 5 nitrogen and oxygen atoms in total. The van der Waals surface area contributed by atoms with Crippen LogP contribution in [0.5, 0.6) is 17.2 Å². The summed E-state index contributed by atoms with van der Waals surface area (Å²) in [5.74, 6) is 2.42. The number of ether oxygens (including phenoxy) is 3. The van der Waals surface area contributed by atoms with Crippen molar-refractivity contribution in [2.75, 3.05) is 6.61 Å². The lowest BCUT2D eigenvalue weighted by Crippen LogP contribution is -2.26. The van der Waals surface area contributed by atoms with Gasteiger partial charge in [0.2, 0.25) is 0 Å². The minimum absolute atomic E-state index is 0.112. The predicted molar refractivity (Wildman–Crippen MR) is 153 cm³/mol. The Morgan fingerprint density at radius 3 is 2.18 bits per heavy atom. The first-order valence-electron chi connectivity index (χ1n) is 12.7. The average Bonchev–Trinajstić information content (AvgIpc) is 3.54. The molecular formula is C29H36F2N2O3S2. The average molecular weight is 563 g/mol. The van der Waals surface area contributed by atoms with Crippen LogP contribution < -0.4 is 14.2 Å². The molecule has 0 bridgehead atoms. The molecule has 0 spiro atoms. The van der Waals surface area contributed by atoms with Crippen molar-refractivity contribution in [3.8, 4) is 17.2 Å². The third-order valence-electron chi connectivity index (χ3n) is 5.40. The van der Waals surface area contributed by atoms with Gasteiger partial charge in [0.1, 0.15) is 5.75 Å². The number of fused-ring (bicyclic) bond motifs is 2. The van der Waals surface area contributed by atoms with Gasteiger partial charge >= 0.3 is 6.29 Å². The van der Waals surface area contributed by atoms with E-state index in [4.69, 9.17) is 4.74 Å². The molecular weight excluding hydrogens is 526 g/mol. The second kappa shape index (κ2) is 12.8. The van der Waals surface area contributed by atoms with Crippen LogP contribution in [0.25, 0.3) is 10.2 Å². The summed E-state index contributed by atoms with van der Waals surface area (Å²) in [6.45, 7) is 17.3. The third-order valence-corrected chi connectivity index (χ3v) is 7.93. The maximum absolute atomic E-state index is 12.7. The van der Waals surface area contributed by atoms with E-state index in [0.29, 0.717) is 18.4 Å². The molecule has 2 aromatic carbocycles. The first kappa shape index (κ1) is 29.8. The molecule has 38 heavy (non-hydrogen) atoms. The van der Waals surface area contributed by atoms with Crippen LogP contribution in [0.3, 0.4) is 0 Å². The van der Waals surface area contributed by atoms with Crippen molar-refractivity contribution in [2.45, 2.75) is 79.4 Å². The second-order valence-electron chi connectivity index (χ2n) is 9.73. The number of hydrogen-bond acceptors (Lipinski definition) is 7. The van der Waals surface area contributed by atoms with Gasteiger partial charge in [-0.05, 0) is 44.0 Å². The fourth-order valence-electron chi connectivity index (χ4n) is 3.51. The Kier molecular flexibility index (Phi) is 10.1. The van der Waals surface area contributed by atoms with Gasteiger partial charge in [0, 0.05) is 28.5 Å². The number of para-hydroxylation sites is 1. The highest BCUT2D eigenvalue weighted by Crippen LogP contribution is 2.45. The van der Waals surface area contributed by atoms with Crippen LogP contribution in [0.2, 0.25) is 0 Å². The molecule has 4 aromatic rings. The zero-order valence-corrected chi connectivity index (χ0v) is 24.8. The lowest BCUT2D eigenvalue weighted by Gasteiger charge is -2.08. The van der Waals surface area contributed by atoms with Crippen molar-refractivity contribution in [1.82, 2.24) is 9.97 Å². The van der Waals surface area contributed by atoms with Crippen molar-refractivity contribution in [2.24, 2.45) is 0 Å².